The second-order valence-electron chi connectivity index (χ2n) is 6.78. The molecule has 1 aliphatic heterocycles. The monoisotopic (exact) mass is 500 g/mol. The number of nitrogens with zero attached hydrogens (tertiary/aromatic N) is 2. The highest BCUT2D eigenvalue weighted by molar-refractivity contribution is 7.89. The molecule has 3 rings (SSSR count). The number of hydrogen-bond donors (Lipinski definition) is 3. The molecule has 1 amide bonds. The molecule has 0 spiro atoms. The third-order valence-electron chi connectivity index (χ3n) is 4.50. The molecule has 32 heavy (non-hydrogen) atoms. The summed E-state index contributed by atoms with van der Waals surface area (Å²) in [6.45, 7) is 1.99. The highest BCUT2D eigenvalue weighted by atomic mass is 35.5. The summed E-state index contributed by atoms with van der Waals surface area (Å²) in [6.07, 6.45) is 0. The van der Waals surface area contributed by atoms with Crippen LogP contribution >= 0.6 is 23.2 Å². The van der Waals surface area contributed by atoms with E-state index in [0.29, 0.717) is 11.1 Å². The maximum Gasteiger partial charge on any atom is 0.300 e. The van der Waals surface area contributed by atoms with Gasteiger partial charge in [0.2, 0.25) is 10.0 Å². The Morgan fingerprint density at radius 2 is 1.47 bits per heavy atom. The van der Waals surface area contributed by atoms with E-state index in [1.165, 1.54) is 22.5 Å². The van der Waals surface area contributed by atoms with E-state index in [1.54, 1.807) is 29.2 Å². The minimum Gasteiger partial charge on any atom is -0.481 e. The lowest BCUT2D eigenvalue weighted by atomic mass is 10.1. The molecule has 4 N–H and O–H groups in total. The predicted molar refractivity (Wildman–Crippen MR) is 122 cm³/mol. The lowest BCUT2D eigenvalue weighted by Crippen LogP contribution is -2.50. The largest absolute Gasteiger partial charge is 0.481 e. The topological polar surface area (TPSA) is 145 Å². The van der Waals surface area contributed by atoms with Gasteiger partial charge in [0.25, 0.3) is 11.9 Å². The van der Waals surface area contributed by atoms with Crippen LogP contribution in [0.15, 0.2) is 47.4 Å². The number of nitrogens with one attached hydrogen (secondary N) is 1. The van der Waals surface area contributed by atoms with Crippen molar-refractivity contribution in [2.24, 2.45) is 5.73 Å². The van der Waals surface area contributed by atoms with Gasteiger partial charge in [-0.3, -0.25) is 15.0 Å². The summed E-state index contributed by atoms with van der Waals surface area (Å²) >= 11 is 11.8. The van der Waals surface area contributed by atoms with Crippen molar-refractivity contribution in [3.63, 3.8) is 0 Å². The van der Waals surface area contributed by atoms with E-state index in [2.05, 4.69) is 0 Å². The van der Waals surface area contributed by atoms with Crippen molar-refractivity contribution in [1.82, 2.24) is 9.21 Å². The summed E-state index contributed by atoms with van der Waals surface area (Å²) in [5.74, 6) is -1.10. The van der Waals surface area contributed by atoms with Gasteiger partial charge in [-0.05, 0) is 30.3 Å². The Morgan fingerprint density at radius 1 is 0.969 bits per heavy atom. The molecule has 0 atom stereocenters. The fourth-order valence-electron chi connectivity index (χ4n) is 2.89. The molecule has 0 saturated carbocycles. The van der Waals surface area contributed by atoms with Gasteiger partial charge >= 0.3 is 0 Å². The van der Waals surface area contributed by atoms with E-state index >= 15 is 0 Å². The zero-order valence-electron chi connectivity index (χ0n) is 17.1. The van der Waals surface area contributed by atoms with Gasteiger partial charge in [-0.25, -0.2) is 8.42 Å². The Balaban J connectivity index is 0.000000837. The second-order valence-corrected chi connectivity index (χ2v) is 9.53. The Hall–Kier alpha value is -2.66. The number of carbonyl (C=O) groups excluding carboxylic acids is 1. The van der Waals surface area contributed by atoms with Crippen molar-refractivity contribution in [3.05, 3.63) is 63.6 Å². The average molecular weight is 501 g/mol. The van der Waals surface area contributed by atoms with Crippen molar-refractivity contribution in [2.75, 3.05) is 26.2 Å². The number of rotatable bonds is 4. The van der Waals surface area contributed by atoms with Crippen LogP contribution in [0.3, 0.4) is 0 Å². The second kappa shape index (κ2) is 10.8. The number of nitrogens with two attached hydrogens (primary N) is 1. The normalized spacial score (nSPS) is 14.3. The van der Waals surface area contributed by atoms with Crippen LogP contribution in [-0.2, 0) is 14.8 Å². The van der Waals surface area contributed by atoms with E-state index in [0.717, 1.165) is 6.92 Å². The van der Waals surface area contributed by atoms with Gasteiger partial charge in [-0.2, -0.15) is 4.31 Å². The molecule has 12 heteroatoms. The molecule has 2 aromatic carbocycles. The molecule has 172 valence electrons. The van der Waals surface area contributed by atoms with Crippen molar-refractivity contribution < 1.29 is 23.1 Å². The fourth-order valence-corrected chi connectivity index (χ4v) is 4.70. The molecule has 0 aromatic heterocycles. The number of hydrogen-bond acceptors (Lipinski definition) is 5. The number of piperazine rings is 1. The first-order chi connectivity index (χ1) is 14.9. The Bertz CT molecular complexity index is 1110. The van der Waals surface area contributed by atoms with Crippen LogP contribution < -0.4 is 5.73 Å². The molecule has 0 radical (unpaired) electrons. The maximum atomic E-state index is 12.8. The number of halogens is 2. The molecule has 1 fully saturated rings. The molecule has 1 saturated heterocycles. The molecular weight excluding hydrogens is 479 g/mol. The lowest BCUT2D eigenvalue weighted by molar-refractivity contribution is -0.134. The van der Waals surface area contributed by atoms with Crippen LogP contribution in [0.25, 0.3) is 0 Å². The number of aliphatic carboxylic acids is 1. The van der Waals surface area contributed by atoms with Gasteiger partial charge in [0.05, 0.1) is 14.9 Å². The van der Waals surface area contributed by atoms with Gasteiger partial charge < -0.3 is 15.7 Å². The zero-order valence-corrected chi connectivity index (χ0v) is 19.4. The highest BCUT2D eigenvalue weighted by Gasteiger charge is 2.30. The molecule has 0 aliphatic carbocycles. The Labute approximate surface area is 195 Å². The summed E-state index contributed by atoms with van der Waals surface area (Å²) in [7, 11) is -3.72. The Morgan fingerprint density at radius 3 is 1.94 bits per heavy atom. The van der Waals surface area contributed by atoms with Crippen LogP contribution in [0.5, 0.6) is 0 Å². The highest BCUT2D eigenvalue weighted by Crippen LogP contribution is 2.27. The van der Waals surface area contributed by atoms with Crippen LogP contribution in [0.1, 0.15) is 22.8 Å². The van der Waals surface area contributed by atoms with Crippen molar-refractivity contribution in [2.45, 2.75) is 11.8 Å². The van der Waals surface area contributed by atoms with Crippen molar-refractivity contribution in [1.29, 1.82) is 5.41 Å². The molecule has 1 aliphatic rings. The number of amidine groups is 1. The minimum absolute atomic E-state index is 0.0693. The number of nitrogen functional groups attached to an aromatic ring is 1. The first-order valence-electron chi connectivity index (χ1n) is 9.32. The molecule has 2 aromatic rings. The standard InChI is InChI=1S/C18H18Cl2N4O3S.C2H4O2/c19-15-6-5-14(11-16(15)20)28(26,27)24-9-7-23(8-10-24)18(25)13-3-1-12(2-4-13)17(21)22;1-2(3)4/h1-6,11H,7-10H2,(H3,21,22);1H3,(H,3,4). The number of carboxylic acids is 1. The fraction of sp³-hybridized carbons (Fsp3) is 0.250. The summed E-state index contributed by atoms with van der Waals surface area (Å²) in [5, 5.41) is 15.3. The van der Waals surface area contributed by atoms with E-state index in [4.69, 9.17) is 44.2 Å². The number of sulfonamides is 1. The Kier molecular flexibility index (Phi) is 8.62. The van der Waals surface area contributed by atoms with Crippen LogP contribution in [-0.4, -0.2) is 66.6 Å². The predicted octanol–water partition coefficient (Wildman–Crippen LogP) is 2.52. The first-order valence-corrected chi connectivity index (χ1v) is 11.5. The van der Waals surface area contributed by atoms with Gasteiger partial charge in [0, 0.05) is 44.2 Å². The number of benzene rings is 2. The molecule has 1 heterocycles. The van der Waals surface area contributed by atoms with Crippen LogP contribution in [0.2, 0.25) is 10.0 Å². The minimum atomic E-state index is -3.72. The van der Waals surface area contributed by atoms with Gasteiger partial charge in [0.15, 0.2) is 0 Å². The van der Waals surface area contributed by atoms with E-state index in [9.17, 15) is 13.2 Å². The molecule has 0 unspecified atom stereocenters. The van der Waals surface area contributed by atoms with E-state index in [1.807, 2.05) is 0 Å². The number of carboxylic acid groups (broad SMARTS) is 1. The van der Waals surface area contributed by atoms with Crippen LogP contribution in [0, 0.1) is 5.41 Å². The maximum absolute atomic E-state index is 12.8. The average Bonchev–Trinajstić information content (AvgIpc) is 2.75. The number of amides is 1. The van der Waals surface area contributed by atoms with Crippen molar-refractivity contribution >= 4 is 50.9 Å². The summed E-state index contributed by atoms with van der Waals surface area (Å²) in [4.78, 5) is 23.3. The summed E-state index contributed by atoms with van der Waals surface area (Å²) < 4.78 is 26.9. The van der Waals surface area contributed by atoms with Gasteiger partial charge in [-0.15, -0.1) is 0 Å². The third-order valence-corrected chi connectivity index (χ3v) is 7.13. The van der Waals surface area contributed by atoms with Crippen LogP contribution in [0.4, 0.5) is 0 Å². The number of carbonyl (C=O) groups is 2. The van der Waals surface area contributed by atoms with E-state index in [-0.39, 0.29) is 52.9 Å². The summed E-state index contributed by atoms with van der Waals surface area (Å²) in [5.41, 5.74) is 6.41. The third kappa shape index (κ3) is 6.42. The molecule has 9 nitrogen and oxygen atoms in total. The molecular formula is C20H22Cl2N4O5S. The SMILES string of the molecule is CC(=O)O.N=C(N)c1ccc(C(=O)N2CCN(S(=O)(=O)c3ccc(Cl)c(Cl)c3)CC2)cc1. The van der Waals surface area contributed by atoms with Gasteiger partial charge in [-0.1, -0.05) is 35.3 Å². The quantitative estimate of drug-likeness (QED) is 0.434. The van der Waals surface area contributed by atoms with Crippen molar-refractivity contribution in [3.8, 4) is 0 Å². The molecule has 0 bridgehead atoms. The first kappa shape index (κ1) is 25.6. The smallest absolute Gasteiger partial charge is 0.300 e. The lowest BCUT2D eigenvalue weighted by Gasteiger charge is -2.34. The zero-order chi connectivity index (χ0) is 24.1. The van der Waals surface area contributed by atoms with Gasteiger partial charge in [0.1, 0.15) is 5.84 Å². The van der Waals surface area contributed by atoms with E-state index < -0.39 is 16.0 Å². The summed E-state index contributed by atoms with van der Waals surface area (Å²) in [6, 6.07) is 10.6.